The van der Waals surface area contributed by atoms with Crippen LogP contribution in [0.5, 0.6) is 0 Å². The fourth-order valence-electron chi connectivity index (χ4n) is 0.704. The van der Waals surface area contributed by atoms with Gasteiger partial charge >= 0.3 is 0 Å². The molecular weight excluding hydrogens is 208 g/mol. The molecule has 0 aromatic heterocycles. The minimum absolute atomic E-state index is 0.0782. The molecule has 8 nitrogen and oxygen atoms in total. The zero-order valence-corrected chi connectivity index (χ0v) is 8.42. The van der Waals surface area contributed by atoms with Crippen LogP contribution in [0.25, 0.3) is 0 Å². The first-order chi connectivity index (χ1) is 7.24. The van der Waals surface area contributed by atoms with Gasteiger partial charge in [-0.2, -0.15) is 0 Å². The SMILES string of the molecule is NCOOCC(CO)(CO)COOCN. The molecule has 0 unspecified atom stereocenters. The van der Waals surface area contributed by atoms with Gasteiger partial charge in [0.15, 0.2) is 0 Å². The monoisotopic (exact) mass is 226 g/mol. The van der Waals surface area contributed by atoms with Gasteiger partial charge in [-0.05, 0) is 0 Å². The first kappa shape index (κ1) is 14.7. The molecule has 8 heteroatoms. The molecule has 92 valence electrons. The average Bonchev–Trinajstić information content (AvgIpc) is 2.28. The second kappa shape index (κ2) is 8.95. The predicted octanol–water partition coefficient (Wildman–Crippen LogP) is -2.31. The Balaban J connectivity index is 3.93. The largest absolute Gasteiger partial charge is 0.396 e. The molecule has 0 rings (SSSR count). The molecule has 0 aliphatic rings. The summed E-state index contributed by atoms with van der Waals surface area (Å²) in [6, 6.07) is 0. The molecule has 0 heterocycles. The molecule has 0 bridgehead atoms. The predicted molar refractivity (Wildman–Crippen MR) is 48.8 cm³/mol. The van der Waals surface area contributed by atoms with Gasteiger partial charge in [-0.3, -0.25) is 0 Å². The van der Waals surface area contributed by atoms with Crippen LogP contribution in [0, 0.1) is 5.41 Å². The zero-order chi connectivity index (χ0) is 11.6. The Hall–Kier alpha value is -0.320. The van der Waals surface area contributed by atoms with Gasteiger partial charge in [0.25, 0.3) is 0 Å². The molecule has 0 fully saturated rings. The lowest BCUT2D eigenvalue weighted by Crippen LogP contribution is -2.40. The van der Waals surface area contributed by atoms with Crippen LogP contribution in [0.1, 0.15) is 0 Å². The topological polar surface area (TPSA) is 129 Å². The van der Waals surface area contributed by atoms with E-state index in [0.29, 0.717) is 0 Å². The van der Waals surface area contributed by atoms with E-state index >= 15 is 0 Å². The maximum Gasteiger partial charge on any atom is 0.130 e. The number of rotatable bonds is 10. The highest BCUT2D eigenvalue weighted by atomic mass is 17.2. The van der Waals surface area contributed by atoms with Gasteiger partial charge in [0.05, 0.1) is 31.8 Å². The minimum Gasteiger partial charge on any atom is -0.396 e. The van der Waals surface area contributed by atoms with Gasteiger partial charge < -0.3 is 21.7 Å². The highest BCUT2D eigenvalue weighted by molar-refractivity contribution is 4.76. The summed E-state index contributed by atoms with van der Waals surface area (Å²) in [5.41, 5.74) is 9.03. The quantitative estimate of drug-likeness (QED) is 0.141. The molecule has 0 spiro atoms. The lowest BCUT2D eigenvalue weighted by atomic mass is 9.93. The summed E-state index contributed by atoms with van der Waals surface area (Å²) in [5.74, 6) is 0. The normalized spacial score (nSPS) is 12.0. The highest BCUT2D eigenvalue weighted by Crippen LogP contribution is 2.17. The number of hydrogen-bond donors (Lipinski definition) is 4. The minimum atomic E-state index is -1.01. The molecule has 6 N–H and O–H groups in total. The maximum atomic E-state index is 9.08. The van der Waals surface area contributed by atoms with E-state index in [1.165, 1.54) is 0 Å². The molecule has 0 aromatic carbocycles. The second-order valence-corrected chi connectivity index (χ2v) is 2.91. The average molecular weight is 226 g/mol. The molecule has 0 aliphatic carbocycles. The van der Waals surface area contributed by atoms with Crippen molar-refractivity contribution in [1.29, 1.82) is 0 Å². The van der Waals surface area contributed by atoms with Crippen LogP contribution < -0.4 is 11.5 Å². The van der Waals surface area contributed by atoms with Gasteiger partial charge in [-0.15, -0.1) is 0 Å². The van der Waals surface area contributed by atoms with Crippen LogP contribution in [0.15, 0.2) is 0 Å². The van der Waals surface area contributed by atoms with Crippen molar-refractivity contribution < 1.29 is 29.8 Å². The van der Waals surface area contributed by atoms with Crippen molar-refractivity contribution in [3.05, 3.63) is 0 Å². The highest BCUT2D eigenvalue weighted by Gasteiger charge is 2.31. The Morgan fingerprint density at radius 2 is 1.20 bits per heavy atom. The standard InChI is InChI=1S/C7H18N2O6/c8-5-14-12-3-7(1-10,2-11)4-13-15-6-9/h10-11H,1-6,8-9H2. The molecule has 0 saturated carbocycles. The van der Waals surface area contributed by atoms with E-state index in [9.17, 15) is 0 Å². The van der Waals surface area contributed by atoms with Crippen molar-refractivity contribution in [2.24, 2.45) is 16.9 Å². The number of aliphatic hydroxyl groups is 2. The van der Waals surface area contributed by atoms with Gasteiger partial charge in [-0.1, -0.05) is 0 Å². The summed E-state index contributed by atoms with van der Waals surface area (Å²) in [6.07, 6.45) is 0. The molecule has 0 atom stereocenters. The Morgan fingerprint density at radius 3 is 1.47 bits per heavy atom. The van der Waals surface area contributed by atoms with E-state index in [-0.39, 0.29) is 39.9 Å². The Morgan fingerprint density at radius 1 is 0.800 bits per heavy atom. The third-order valence-corrected chi connectivity index (χ3v) is 1.70. The smallest absolute Gasteiger partial charge is 0.130 e. The summed E-state index contributed by atoms with van der Waals surface area (Å²) < 4.78 is 0. The summed E-state index contributed by atoms with van der Waals surface area (Å²) in [7, 11) is 0. The van der Waals surface area contributed by atoms with Gasteiger partial charge in [0.1, 0.15) is 13.5 Å². The van der Waals surface area contributed by atoms with Crippen molar-refractivity contribution in [3.8, 4) is 0 Å². The van der Waals surface area contributed by atoms with Crippen LogP contribution in [0.2, 0.25) is 0 Å². The van der Waals surface area contributed by atoms with E-state index in [4.69, 9.17) is 21.7 Å². The fraction of sp³-hybridized carbons (Fsp3) is 1.00. The molecule has 15 heavy (non-hydrogen) atoms. The Labute approximate surface area is 87.5 Å². The summed E-state index contributed by atoms with van der Waals surface area (Å²) in [4.78, 5) is 18.2. The Kier molecular flexibility index (Phi) is 8.76. The first-order valence-electron chi connectivity index (χ1n) is 4.35. The fourth-order valence-corrected chi connectivity index (χ4v) is 0.704. The van der Waals surface area contributed by atoms with Crippen molar-refractivity contribution in [1.82, 2.24) is 0 Å². The van der Waals surface area contributed by atoms with Gasteiger partial charge in [0, 0.05) is 0 Å². The molecular formula is C7H18N2O6. The van der Waals surface area contributed by atoms with Crippen molar-refractivity contribution in [3.63, 3.8) is 0 Å². The summed E-state index contributed by atoms with van der Waals surface area (Å²) in [6.45, 7) is -1.10. The van der Waals surface area contributed by atoms with Gasteiger partial charge in [-0.25, -0.2) is 19.6 Å². The van der Waals surface area contributed by atoms with Crippen LogP contribution in [0.4, 0.5) is 0 Å². The van der Waals surface area contributed by atoms with E-state index in [0.717, 1.165) is 0 Å². The van der Waals surface area contributed by atoms with E-state index in [1.807, 2.05) is 0 Å². The number of hydrogen-bond acceptors (Lipinski definition) is 8. The van der Waals surface area contributed by atoms with Crippen LogP contribution >= 0.6 is 0 Å². The zero-order valence-electron chi connectivity index (χ0n) is 8.42. The van der Waals surface area contributed by atoms with Gasteiger partial charge in [0.2, 0.25) is 0 Å². The van der Waals surface area contributed by atoms with Crippen molar-refractivity contribution in [2.45, 2.75) is 0 Å². The molecule has 0 aromatic rings. The van der Waals surface area contributed by atoms with Crippen molar-refractivity contribution in [2.75, 3.05) is 39.9 Å². The van der Waals surface area contributed by atoms with Crippen LogP contribution in [-0.4, -0.2) is 50.1 Å². The molecule has 0 saturated heterocycles. The maximum absolute atomic E-state index is 9.08. The Bertz CT molecular complexity index is 131. The van der Waals surface area contributed by atoms with E-state index in [1.54, 1.807) is 0 Å². The lowest BCUT2D eigenvalue weighted by molar-refractivity contribution is -0.345. The molecule has 0 radical (unpaired) electrons. The van der Waals surface area contributed by atoms with E-state index < -0.39 is 5.41 Å². The summed E-state index contributed by atoms with van der Waals surface area (Å²) in [5, 5.41) is 18.2. The van der Waals surface area contributed by atoms with Crippen LogP contribution in [-0.2, 0) is 19.6 Å². The van der Waals surface area contributed by atoms with E-state index in [2.05, 4.69) is 19.6 Å². The summed E-state index contributed by atoms with van der Waals surface area (Å²) >= 11 is 0. The molecule has 0 aliphatic heterocycles. The molecule has 0 amide bonds. The first-order valence-corrected chi connectivity index (χ1v) is 4.35. The number of nitrogens with two attached hydrogens (primary N) is 2. The lowest BCUT2D eigenvalue weighted by Gasteiger charge is -2.27. The number of aliphatic hydroxyl groups excluding tert-OH is 2. The second-order valence-electron chi connectivity index (χ2n) is 2.91. The third kappa shape index (κ3) is 5.97. The third-order valence-electron chi connectivity index (χ3n) is 1.70. The van der Waals surface area contributed by atoms with Crippen LogP contribution in [0.3, 0.4) is 0 Å². The van der Waals surface area contributed by atoms with Crippen molar-refractivity contribution >= 4 is 0 Å².